The van der Waals surface area contributed by atoms with E-state index in [2.05, 4.69) is 4.72 Å². The average molecular weight is 434 g/mol. The van der Waals surface area contributed by atoms with E-state index in [1.807, 2.05) is 32.0 Å². The molecular formula is C22H28FN3O3S. The number of amides is 1. The van der Waals surface area contributed by atoms with Crippen LogP contribution in [0.15, 0.2) is 42.5 Å². The lowest BCUT2D eigenvalue weighted by molar-refractivity contribution is 0.0729. The third-order valence-corrected chi connectivity index (χ3v) is 6.46. The van der Waals surface area contributed by atoms with Crippen LogP contribution in [-0.2, 0) is 16.6 Å². The van der Waals surface area contributed by atoms with E-state index in [-0.39, 0.29) is 17.7 Å². The van der Waals surface area contributed by atoms with Gasteiger partial charge in [-0.1, -0.05) is 13.0 Å². The Kier molecular flexibility index (Phi) is 6.65. The van der Waals surface area contributed by atoms with Gasteiger partial charge in [-0.15, -0.1) is 0 Å². The number of sulfonamides is 1. The van der Waals surface area contributed by atoms with Gasteiger partial charge in [-0.05, 0) is 61.2 Å². The van der Waals surface area contributed by atoms with Gasteiger partial charge < -0.3 is 9.80 Å². The molecular weight excluding hydrogens is 405 g/mol. The number of carbonyl (C=O) groups excluding carboxylic acids is 1. The highest BCUT2D eigenvalue weighted by atomic mass is 32.2. The van der Waals surface area contributed by atoms with Crippen molar-refractivity contribution in [2.75, 3.05) is 29.5 Å². The van der Waals surface area contributed by atoms with Gasteiger partial charge in [0.25, 0.3) is 5.91 Å². The summed E-state index contributed by atoms with van der Waals surface area (Å²) in [5.41, 5.74) is 2.51. The molecule has 1 amide bonds. The molecule has 2 aromatic carbocycles. The number of carbonyl (C=O) groups is 1. The quantitative estimate of drug-likeness (QED) is 0.652. The van der Waals surface area contributed by atoms with Gasteiger partial charge in [-0.2, -0.15) is 0 Å². The number of halogens is 1. The normalized spacial score (nSPS) is 13.7. The molecule has 0 spiro atoms. The Morgan fingerprint density at radius 2 is 1.90 bits per heavy atom. The van der Waals surface area contributed by atoms with Crippen LogP contribution in [0, 0.1) is 5.82 Å². The Morgan fingerprint density at radius 3 is 2.50 bits per heavy atom. The summed E-state index contributed by atoms with van der Waals surface area (Å²) >= 11 is 0. The van der Waals surface area contributed by atoms with Crippen molar-refractivity contribution in [2.24, 2.45) is 0 Å². The molecule has 162 valence electrons. The van der Waals surface area contributed by atoms with E-state index < -0.39 is 15.8 Å². The van der Waals surface area contributed by atoms with Crippen LogP contribution in [0.1, 0.15) is 42.1 Å². The lowest BCUT2D eigenvalue weighted by Crippen LogP contribution is -2.33. The molecule has 0 atom stereocenters. The minimum absolute atomic E-state index is 0.0457. The predicted octanol–water partition coefficient (Wildman–Crippen LogP) is 3.85. The Labute approximate surface area is 177 Å². The summed E-state index contributed by atoms with van der Waals surface area (Å²) in [5, 5.41) is 0. The molecule has 0 radical (unpaired) electrons. The summed E-state index contributed by atoms with van der Waals surface area (Å²) in [5.74, 6) is -0.624. The zero-order chi connectivity index (χ0) is 21.9. The third kappa shape index (κ3) is 5.50. The maximum atomic E-state index is 13.6. The van der Waals surface area contributed by atoms with Crippen molar-refractivity contribution in [1.82, 2.24) is 4.90 Å². The van der Waals surface area contributed by atoms with Crippen LogP contribution < -0.4 is 9.62 Å². The first kappa shape index (κ1) is 22.1. The molecule has 1 aliphatic rings. The Hall–Kier alpha value is -2.61. The molecule has 3 rings (SSSR count). The zero-order valence-electron chi connectivity index (χ0n) is 17.6. The van der Waals surface area contributed by atoms with E-state index in [0.29, 0.717) is 24.2 Å². The molecule has 0 saturated heterocycles. The number of anilines is 2. The maximum absolute atomic E-state index is 13.6. The van der Waals surface area contributed by atoms with Gasteiger partial charge in [0.2, 0.25) is 10.0 Å². The summed E-state index contributed by atoms with van der Waals surface area (Å²) in [6.07, 6.45) is 2.33. The van der Waals surface area contributed by atoms with E-state index in [1.54, 1.807) is 23.1 Å². The summed E-state index contributed by atoms with van der Waals surface area (Å²) in [6.45, 7) is 2.13. The third-order valence-electron chi connectivity index (χ3n) is 4.97. The van der Waals surface area contributed by atoms with Gasteiger partial charge in [0.05, 0.1) is 5.75 Å². The summed E-state index contributed by atoms with van der Waals surface area (Å²) in [7, 11) is 0.380. The standard InChI is InChI=1S/C22H28FN3O3S/c1-4-12-30(28,29)24-19-8-11-21(25(2)3)17(14-19)15-26(20-9-10-20)22(27)16-6-5-7-18(23)13-16/h5-8,11,13-14,20,24H,4,9-10,12,15H2,1-3H3. The molecule has 30 heavy (non-hydrogen) atoms. The highest BCUT2D eigenvalue weighted by Gasteiger charge is 2.33. The molecule has 8 heteroatoms. The zero-order valence-corrected chi connectivity index (χ0v) is 18.4. The van der Waals surface area contributed by atoms with Crippen molar-refractivity contribution < 1.29 is 17.6 Å². The van der Waals surface area contributed by atoms with Crippen molar-refractivity contribution in [3.8, 4) is 0 Å². The number of hydrogen-bond donors (Lipinski definition) is 1. The van der Waals surface area contributed by atoms with Gasteiger partial charge >= 0.3 is 0 Å². The Bertz CT molecular complexity index is 1020. The molecule has 2 aromatic rings. The van der Waals surface area contributed by atoms with Crippen molar-refractivity contribution in [2.45, 2.75) is 38.8 Å². The maximum Gasteiger partial charge on any atom is 0.254 e. The Balaban J connectivity index is 1.91. The molecule has 0 heterocycles. The van der Waals surface area contributed by atoms with Crippen molar-refractivity contribution in [3.63, 3.8) is 0 Å². The van der Waals surface area contributed by atoms with Crippen molar-refractivity contribution >= 4 is 27.3 Å². The molecule has 1 saturated carbocycles. The molecule has 0 aliphatic heterocycles. The smallest absolute Gasteiger partial charge is 0.254 e. The van der Waals surface area contributed by atoms with Gasteiger partial charge in [0, 0.05) is 43.6 Å². The monoisotopic (exact) mass is 433 g/mol. The van der Waals surface area contributed by atoms with E-state index in [0.717, 1.165) is 24.1 Å². The van der Waals surface area contributed by atoms with Crippen LogP contribution in [0.25, 0.3) is 0 Å². The van der Waals surface area contributed by atoms with Crippen molar-refractivity contribution in [1.29, 1.82) is 0 Å². The van der Waals surface area contributed by atoms with Gasteiger partial charge in [-0.25, -0.2) is 12.8 Å². The van der Waals surface area contributed by atoms with Crippen LogP contribution in [0.3, 0.4) is 0 Å². The van der Waals surface area contributed by atoms with Crippen LogP contribution >= 0.6 is 0 Å². The summed E-state index contributed by atoms with van der Waals surface area (Å²) in [4.78, 5) is 16.8. The average Bonchev–Trinajstić information content (AvgIpc) is 3.50. The van der Waals surface area contributed by atoms with E-state index in [9.17, 15) is 17.6 Å². The number of nitrogens with zero attached hydrogens (tertiary/aromatic N) is 2. The Morgan fingerprint density at radius 1 is 1.17 bits per heavy atom. The van der Waals surface area contributed by atoms with Gasteiger partial charge in [0.15, 0.2) is 0 Å². The minimum Gasteiger partial charge on any atom is -0.377 e. The van der Waals surface area contributed by atoms with Crippen molar-refractivity contribution in [3.05, 3.63) is 59.4 Å². The molecule has 6 nitrogen and oxygen atoms in total. The SMILES string of the molecule is CCCS(=O)(=O)Nc1ccc(N(C)C)c(CN(C(=O)c2cccc(F)c2)C2CC2)c1. The molecule has 1 N–H and O–H groups in total. The molecule has 1 fully saturated rings. The molecule has 0 bridgehead atoms. The van der Waals surface area contributed by atoms with Crippen LogP contribution in [-0.4, -0.2) is 45.1 Å². The second-order valence-electron chi connectivity index (χ2n) is 7.83. The number of rotatable bonds is 9. The van der Waals surface area contributed by atoms with Crippen LogP contribution in [0.2, 0.25) is 0 Å². The number of nitrogens with one attached hydrogen (secondary N) is 1. The summed E-state index contributed by atoms with van der Waals surface area (Å²) in [6, 6.07) is 11.2. The second kappa shape index (κ2) is 9.04. The highest BCUT2D eigenvalue weighted by molar-refractivity contribution is 7.92. The molecule has 0 unspecified atom stereocenters. The van der Waals surface area contributed by atoms with E-state index in [1.165, 1.54) is 18.2 Å². The molecule has 1 aliphatic carbocycles. The topological polar surface area (TPSA) is 69.7 Å². The predicted molar refractivity (Wildman–Crippen MR) is 118 cm³/mol. The van der Waals surface area contributed by atoms with Crippen LogP contribution in [0.5, 0.6) is 0 Å². The lowest BCUT2D eigenvalue weighted by atomic mass is 10.1. The number of hydrogen-bond acceptors (Lipinski definition) is 4. The number of benzene rings is 2. The second-order valence-corrected chi connectivity index (χ2v) is 9.68. The van der Waals surface area contributed by atoms with Gasteiger partial charge in [-0.3, -0.25) is 9.52 Å². The summed E-state index contributed by atoms with van der Waals surface area (Å²) < 4.78 is 40.6. The van der Waals surface area contributed by atoms with Crippen LogP contribution in [0.4, 0.5) is 15.8 Å². The first-order valence-corrected chi connectivity index (χ1v) is 11.7. The fourth-order valence-corrected chi connectivity index (χ4v) is 4.56. The minimum atomic E-state index is -3.42. The van der Waals surface area contributed by atoms with E-state index >= 15 is 0 Å². The largest absolute Gasteiger partial charge is 0.377 e. The van der Waals surface area contributed by atoms with Gasteiger partial charge in [0.1, 0.15) is 5.82 Å². The molecule has 0 aromatic heterocycles. The lowest BCUT2D eigenvalue weighted by Gasteiger charge is -2.26. The van der Waals surface area contributed by atoms with E-state index in [4.69, 9.17) is 0 Å². The fourth-order valence-electron chi connectivity index (χ4n) is 3.44. The first-order chi connectivity index (χ1) is 14.2. The fraction of sp³-hybridized carbons (Fsp3) is 0.409. The first-order valence-electron chi connectivity index (χ1n) is 10.1. The highest BCUT2D eigenvalue weighted by Crippen LogP contribution is 2.33.